The molecule has 2 heterocycles. The zero-order chi connectivity index (χ0) is 15.9. The van der Waals surface area contributed by atoms with Crippen LogP contribution in [-0.2, 0) is 5.60 Å². The Morgan fingerprint density at radius 2 is 1.95 bits per heavy atom. The van der Waals surface area contributed by atoms with E-state index < -0.39 is 5.60 Å². The zero-order valence-corrected chi connectivity index (χ0v) is 13.4. The van der Waals surface area contributed by atoms with Gasteiger partial charge >= 0.3 is 0 Å². The molecule has 0 spiro atoms. The maximum Gasteiger partial charge on any atom is 0.141 e. The number of nitrogens with one attached hydrogen (secondary N) is 1. The summed E-state index contributed by atoms with van der Waals surface area (Å²) in [6.07, 6.45) is 2.93. The summed E-state index contributed by atoms with van der Waals surface area (Å²) >= 11 is 0. The Kier molecular flexibility index (Phi) is 3.53. The van der Waals surface area contributed by atoms with Crippen LogP contribution in [0.25, 0.3) is 22.2 Å². The quantitative estimate of drug-likeness (QED) is 0.767. The van der Waals surface area contributed by atoms with Crippen LogP contribution in [0, 0.1) is 13.8 Å². The Balaban J connectivity index is 2.31. The number of aromatic amines is 1. The molecule has 2 aromatic heterocycles. The average molecular weight is 299 g/mol. The van der Waals surface area contributed by atoms with E-state index in [0.717, 1.165) is 39.2 Å². The topological polar surface area (TPSA) is 74.9 Å². The highest BCUT2D eigenvalue weighted by Gasteiger charge is 2.29. The molecule has 0 aliphatic carbocycles. The molecule has 0 aliphatic rings. The van der Waals surface area contributed by atoms with Crippen LogP contribution >= 0.6 is 0 Å². The molecule has 2 N–H and O–H groups in total. The van der Waals surface area contributed by atoms with Crippen molar-refractivity contribution in [3.63, 3.8) is 0 Å². The van der Waals surface area contributed by atoms with Crippen LogP contribution in [-0.4, -0.2) is 20.2 Å². The number of hydrogen-bond donors (Lipinski definition) is 2. The fourth-order valence-electron chi connectivity index (χ4n) is 3.08. The lowest BCUT2D eigenvalue weighted by molar-refractivity contribution is 0.0297. The molecule has 0 bridgehead atoms. The lowest BCUT2D eigenvalue weighted by Gasteiger charge is -2.26. The standard InChI is InChI=1S/C17H21N3O2/c1-5-17(21,6-2)13-7-12(8-14-16(13)19-9-18-14)15-10(3)20-22-11(15)4/h7-9,21H,5-6H2,1-4H3,(H,18,19). The number of rotatable bonds is 4. The molecule has 0 atom stereocenters. The Morgan fingerprint density at radius 1 is 1.23 bits per heavy atom. The Bertz CT molecular complexity index is 793. The smallest absolute Gasteiger partial charge is 0.141 e. The lowest BCUT2D eigenvalue weighted by Crippen LogP contribution is -2.24. The maximum absolute atomic E-state index is 11.0. The van der Waals surface area contributed by atoms with E-state index >= 15 is 0 Å². The van der Waals surface area contributed by atoms with Gasteiger partial charge in [-0.3, -0.25) is 0 Å². The summed E-state index contributed by atoms with van der Waals surface area (Å²) in [4.78, 5) is 7.54. The molecule has 0 saturated carbocycles. The number of aryl methyl sites for hydroxylation is 2. The van der Waals surface area contributed by atoms with Gasteiger partial charge in [0.2, 0.25) is 0 Å². The van der Waals surface area contributed by atoms with Crippen molar-refractivity contribution < 1.29 is 9.63 Å². The molecule has 0 fully saturated rings. The van der Waals surface area contributed by atoms with Crippen molar-refractivity contribution in [3.05, 3.63) is 35.5 Å². The minimum Gasteiger partial charge on any atom is -0.385 e. The molecular weight excluding hydrogens is 278 g/mol. The Labute approximate surface area is 129 Å². The molecular formula is C17H21N3O2. The predicted octanol–water partition coefficient (Wildman–Crippen LogP) is 3.84. The molecule has 0 radical (unpaired) electrons. The summed E-state index contributed by atoms with van der Waals surface area (Å²) in [6, 6.07) is 4.05. The van der Waals surface area contributed by atoms with Gasteiger partial charge in [0, 0.05) is 11.1 Å². The SMILES string of the molecule is CCC(O)(CC)c1cc(-c2c(C)noc2C)cc2[nH]cnc12. The van der Waals surface area contributed by atoms with E-state index in [1.807, 2.05) is 39.8 Å². The van der Waals surface area contributed by atoms with Crippen LogP contribution in [0.4, 0.5) is 0 Å². The highest BCUT2D eigenvalue weighted by molar-refractivity contribution is 5.86. The first-order chi connectivity index (χ1) is 10.5. The van der Waals surface area contributed by atoms with E-state index in [4.69, 9.17) is 4.52 Å². The van der Waals surface area contributed by atoms with Crippen LogP contribution in [0.3, 0.4) is 0 Å². The molecule has 0 saturated heterocycles. The van der Waals surface area contributed by atoms with Crippen molar-refractivity contribution in [2.24, 2.45) is 0 Å². The van der Waals surface area contributed by atoms with Crippen LogP contribution in [0.15, 0.2) is 23.0 Å². The number of benzene rings is 1. The van der Waals surface area contributed by atoms with Gasteiger partial charge in [-0.25, -0.2) is 4.98 Å². The first-order valence-electron chi connectivity index (χ1n) is 7.63. The number of aromatic nitrogens is 3. The number of aliphatic hydroxyl groups is 1. The van der Waals surface area contributed by atoms with Crippen LogP contribution < -0.4 is 0 Å². The summed E-state index contributed by atoms with van der Waals surface area (Å²) in [6.45, 7) is 7.81. The predicted molar refractivity (Wildman–Crippen MR) is 85.5 cm³/mol. The van der Waals surface area contributed by atoms with Crippen molar-refractivity contribution >= 4 is 11.0 Å². The van der Waals surface area contributed by atoms with Crippen LogP contribution in [0.2, 0.25) is 0 Å². The minimum absolute atomic E-state index is 0.635. The molecule has 0 amide bonds. The van der Waals surface area contributed by atoms with E-state index in [-0.39, 0.29) is 0 Å². The normalized spacial score (nSPS) is 12.2. The summed E-state index contributed by atoms with van der Waals surface area (Å²) in [5.41, 5.74) is 4.51. The Hall–Kier alpha value is -2.14. The molecule has 1 aromatic carbocycles. The highest BCUT2D eigenvalue weighted by atomic mass is 16.5. The van der Waals surface area contributed by atoms with E-state index in [9.17, 15) is 5.11 Å². The first-order valence-corrected chi connectivity index (χ1v) is 7.63. The highest BCUT2D eigenvalue weighted by Crippen LogP contribution is 2.37. The molecule has 3 rings (SSSR count). The average Bonchev–Trinajstić information content (AvgIpc) is 3.12. The monoisotopic (exact) mass is 299 g/mol. The Morgan fingerprint density at radius 3 is 2.55 bits per heavy atom. The molecule has 5 nitrogen and oxygen atoms in total. The zero-order valence-electron chi connectivity index (χ0n) is 13.4. The molecule has 116 valence electrons. The van der Waals surface area contributed by atoms with Gasteiger partial charge in [0.25, 0.3) is 0 Å². The number of imidazole rings is 1. The van der Waals surface area contributed by atoms with Gasteiger partial charge in [0.15, 0.2) is 0 Å². The van der Waals surface area contributed by atoms with E-state index in [1.54, 1.807) is 6.33 Å². The first kappa shape index (κ1) is 14.8. The van der Waals surface area contributed by atoms with Crippen LogP contribution in [0.5, 0.6) is 0 Å². The number of hydrogen-bond acceptors (Lipinski definition) is 4. The third-order valence-corrected chi connectivity index (χ3v) is 4.52. The number of H-pyrrole nitrogens is 1. The second-order valence-electron chi connectivity index (χ2n) is 5.76. The third kappa shape index (κ3) is 2.13. The van der Waals surface area contributed by atoms with Gasteiger partial charge in [0.05, 0.1) is 28.7 Å². The van der Waals surface area contributed by atoms with Crippen molar-refractivity contribution in [1.82, 2.24) is 15.1 Å². The second kappa shape index (κ2) is 5.25. The van der Waals surface area contributed by atoms with Gasteiger partial charge in [-0.05, 0) is 44.4 Å². The molecule has 22 heavy (non-hydrogen) atoms. The van der Waals surface area contributed by atoms with Gasteiger partial charge in [-0.2, -0.15) is 0 Å². The summed E-state index contributed by atoms with van der Waals surface area (Å²) < 4.78 is 5.28. The molecule has 0 unspecified atom stereocenters. The summed E-state index contributed by atoms with van der Waals surface area (Å²) in [7, 11) is 0. The van der Waals surface area contributed by atoms with Gasteiger partial charge in [-0.15, -0.1) is 0 Å². The van der Waals surface area contributed by atoms with E-state index in [1.165, 1.54) is 0 Å². The molecule has 3 aromatic rings. The van der Waals surface area contributed by atoms with E-state index in [0.29, 0.717) is 12.8 Å². The maximum atomic E-state index is 11.0. The van der Waals surface area contributed by atoms with Gasteiger partial charge in [-0.1, -0.05) is 19.0 Å². The van der Waals surface area contributed by atoms with Gasteiger partial charge in [0.1, 0.15) is 5.76 Å². The second-order valence-corrected chi connectivity index (χ2v) is 5.76. The minimum atomic E-state index is -0.886. The fourth-order valence-corrected chi connectivity index (χ4v) is 3.08. The molecule has 0 aliphatic heterocycles. The number of nitrogens with zero attached hydrogens (tertiary/aromatic N) is 2. The van der Waals surface area contributed by atoms with Crippen molar-refractivity contribution in [3.8, 4) is 11.1 Å². The lowest BCUT2D eigenvalue weighted by atomic mass is 9.85. The van der Waals surface area contributed by atoms with Crippen molar-refractivity contribution in [2.75, 3.05) is 0 Å². The number of fused-ring (bicyclic) bond motifs is 1. The largest absolute Gasteiger partial charge is 0.385 e. The summed E-state index contributed by atoms with van der Waals surface area (Å²) in [5, 5.41) is 15.0. The van der Waals surface area contributed by atoms with Gasteiger partial charge < -0.3 is 14.6 Å². The van der Waals surface area contributed by atoms with Crippen LogP contribution in [0.1, 0.15) is 43.7 Å². The fraction of sp³-hybridized carbons (Fsp3) is 0.412. The van der Waals surface area contributed by atoms with Crippen molar-refractivity contribution in [2.45, 2.75) is 46.1 Å². The summed E-state index contributed by atoms with van der Waals surface area (Å²) in [5.74, 6) is 0.777. The third-order valence-electron chi connectivity index (χ3n) is 4.52. The van der Waals surface area contributed by atoms with Crippen molar-refractivity contribution in [1.29, 1.82) is 0 Å². The molecule has 5 heteroatoms. The van der Waals surface area contributed by atoms with E-state index in [2.05, 4.69) is 15.1 Å².